The summed E-state index contributed by atoms with van der Waals surface area (Å²) in [5.41, 5.74) is 0.368. The molecule has 0 unspecified atom stereocenters. The van der Waals surface area contributed by atoms with Crippen molar-refractivity contribution in [2.45, 2.75) is 53.5 Å². The van der Waals surface area contributed by atoms with Crippen LogP contribution in [0.4, 0.5) is 0 Å². The lowest BCUT2D eigenvalue weighted by Crippen LogP contribution is -2.50. The molecular weight excluding hydrogens is 158 g/mol. The van der Waals surface area contributed by atoms with Gasteiger partial charge in [-0.25, -0.2) is 0 Å². The Morgan fingerprint density at radius 3 is 2.00 bits per heavy atom. The fourth-order valence-electron chi connectivity index (χ4n) is 1.29. The normalized spacial score (nSPS) is 14.0. The molecule has 0 bridgehead atoms. The Morgan fingerprint density at radius 1 is 1.08 bits per heavy atom. The van der Waals surface area contributed by atoms with Crippen molar-refractivity contribution in [1.82, 2.24) is 5.32 Å². The minimum atomic E-state index is 0.160. The van der Waals surface area contributed by atoms with Crippen molar-refractivity contribution in [2.75, 3.05) is 6.54 Å². The topological polar surface area (TPSA) is 12.0 Å². The first-order chi connectivity index (χ1) is 5.87. The molecule has 0 saturated heterocycles. The van der Waals surface area contributed by atoms with E-state index in [0.717, 1.165) is 13.0 Å². The van der Waals surface area contributed by atoms with E-state index in [4.69, 9.17) is 0 Å². The highest BCUT2D eigenvalue weighted by Crippen LogP contribution is 2.31. The van der Waals surface area contributed by atoms with Crippen molar-refractivity contribution in [3.8, 4) is 0 Å². The first-order valence-corrected chi connectivity index (χ1v) is 5.30. The summed E-state index contributed by atoms with van der Waals surface area (Å²) >= 11 is 0. The van der Waals surface area contributed by atoms with Crippen molar-refractivity contribution >= 4 is 0 Å². The Morgan fingerprint density at radius 2 is 1.62 bits per heavy atom. The first kappa shape index (κ1) is 12.7. The van der Waals surface area contributed by atoms with Gasteiger partial charge in [0.15, 0.2) is 0 Å². The third-order valence-electron chi connectivity index (χ3n) is 3.00. The third-order valence-corrected chi connectivity index (χ3v) is 3.00. The molecule has 0 rings (SSSR count). The zero-order valence-corrected chi connectivity index (χ0v) is 10.1. The molecule has 13 heavy (non-hydrogen) atoms. The maximum absolute atomic E-state index is 3.52. The van der Waals surface area contributed by atoms with Gasteiger partial charge in [-0.1, -0.05) is 39.8 Å². The van der Waals surface area contributed by atoms with E-state index < -0.39 is 0 Å². The van der Waals surface area contributed by atoms with Crippen LogP contribution in [0.2, 0.25) is 0 Å². The molecule has 0 radical (unpaired) electrons. The van der Waals surface area contributed by atoms with Crippen molar-refractivity contribution in [3.63, 3.8) is 0 Å². The second-order valence-corrected chi connectivity index (χ2v) is 4.69. The lowest BCUT2D eigenvalue weighted by Gasteiger charge is -2.40. The van der Waals surface area contributed by atoms with Gasteiger partial charge in [0.25, 0.3) is 0 Å². The van der Waals surface area contributed by atoms with Crippen molar-refractivity contribution < 1.29 is 0 Å². The molecular formula is C12H25N. The van der Waals surface area contributed by atoms with E-state index in [1.54, 1.807) is 0 Å². The van der Waals surface area contributed by atoms with E-state index in [9.17, 15) is 0 Å². The smallest absolute Gasteiger partial charge is 0.0210 e. The second-order valence-electron chi connectivity index (χ2n) is 4.69. The van der Waals surface area contributed by atoms with E-state index in [-0.39, 0.29) is 11.0 Å². The molecule has 1 nitrogen and oxygen atoms in total. The highest BCUT2D eigenvalue weighted by molar-refractivity contribution is 5.06. The molecule has 0 aliphatic heterocycles. The van der Waals surface area contributed by atoms with Gasteiger partial charge in [-0.2, -0.15) is 0 Å². The minimum Gasteiger partial charge on any atom is -0.311 e. The van der Waals surface area contributed by atoms with Gasteiger partial charge in [0.1, 0.15) is 0 Å². The molecule has 0 atom stereocenters. The average Bonchev–Trinajstić information content (AvgIpc) is 2.00. The molecule has 1 N–H and O–H groups in total. The Hall–Kier alpha value is -0.300. The number of hydrogen-bond acceptors (Lipinski definition) is 1. The summed E-state index contributed by atoms with van der Waals surface area (Å²) in [5.74, 6) is 0. The van der Waals surface area contributed by atoms with Gasteiger partial charge in [0, 0.05) is 11.0 Å². The van der Waals surface area contributed by atoms with E-state index in [1.807, 2.05) is 0 Å². The van der Waals surface area contributed by atoms with Gasteiger partial charge in [0.2, 0.25) is 0 Å². The third kappa shape index (κ3) is 3.51. The van der Waals surface area contributed by atoms with Gasteiger partial charge >= 0.3 is 0 Å². The fourth-order valence-corrected chi connectivity index (χ4v) is 1.29. The van der Waals surface area contributed by atoms with Crippen molar-refractivity contribution in [2.24, 2.45) is 5.41 Å². The second kappa shape index (κ2) is 4.80. The monoisotopic (exact) mass is 183 g/mol. The van der Waals surface area contributed by atoms with Crippen LogP contribution < -0.4 is 5.32 Å². The van der Waals surface area contributed by atoms with Crippen LogP contribution >= 0.6 is 0 Å². The van der Waals surface area contributed by atoms with Crippen LogP contribution in [-0.4, -0.2) is 12.1 Å². The molecule has 1 heteroatoms. The molecule has 0 aromatic heterocycles. The Bertz CT molecular complexity index is 166. The summed E-state index contributed by atoms with van der Waals surface area (Å²) in [6.07, 6.45) is 5.68. The molecule has 0 heterocycles. The molecule has 0 aliphatic rings. The Kier molecular flexibility index (Phi) is 4.69. The molecule has 0 fully saturated rings. The summed E-state index contributed by atoms with van der Waals surface area (Å²) in [7, 11) is 0. The summed E-state index contributed by atoms with van der Waals surface area (Å²) < 4.78 is 0. The number of allylic oxidation sites excluding steroid dienone is 1. The zero-order valence-electron chi connectivity index (χ0n) is 10.1. The lowest BCUT2D eigenvalue weighted by atomic mass is 9.74. The summed E-state index contributed by atoms with van der Waals surface area (Å²) in [6, 6.07) is 0. The molecule has 78 valence electrons. The predicted octanol–water partition coefficient (Wildman–Crippen LogP) is 3.37. The maximum atomic E-state index is 3.52. The van der Waals surface area contributed by atoms with Crippen LogP contribution in [0.25, 0.3) is 0 Å². The van der Waals surface area contributed by atoms with E-state index in [2.05, 4.69) is 59.0 Å². The Labute approximate surface area is 83.6 Å². The zero-order chi connectivity index (χ0) is 10.5. The SMILES string of the molecule is CC/C=C\C(C)(C)C(C)(C)NCC. The molecule has 0 aromatic rings. The number of hydrogen-bond donors (Lipinski definition) is 1. The highest BCUT2D eigenvalue weighted by Gasteiger charge is 2.33. The fraction of sp³-hybridized carbons (Fsp3) is 0.833. The molecule has 0 saturated carbocycles. The molecule has 0 amide bonds. The standard InChI is InChI=1S/C12H25N/c1-7-9-10-11(3,4)12(5,6)13-8-2/h9-10,13H,7-8H2,1-6H3/b10-9-. The highest BCUT2D eigenvalue weighted by atomic mass is 15.0. The lowest BCUT2D eigenvalue weighted by molar-refractivity contribution is 0.213. The van der Waals surface area contributed by atoms with Crippen LogP contribution in [0.3, 0.4) is 0 Å². The van der Waals surface area contributed by atoms with Crippen LogP contribution in [-0.2, 0) is 0 Å². The van der Waals surface area contributed by atoms with Gasteiger partial charge in [-0.15, -0.1) is 0 Å². The quantitative estimate of drug-likeness (QED) is 0.644. The van der Waals surface area contributed by atoms with Gasteiger partial charge < -0.3 is 5.32 Å². The van der Waals surface area contributed by atoms with Gasteiger partial charge in [-0.05, 0) is 26.8 Å². The first-order valence-electron chi connectivity index (χ1n) is 5.30. The van der Waals surface area contributed by atoms with Crippen molar-refractivity contribution in [3.05, 3.63) is 12.2 Å². The van der Waals surface area contributed by atoms with E-state index in [0.29, 0.717) is 0 Å². The Balaban J connectivity index is 4.49. The maximum Gasteiger partial charge on any atom is 0.0210 e. The number of rotatable bonds is 5. The van der Waals surface area contributed by atoms with E-state index >= 15 is 0 Å². The van der Waals surface area contributed by atoms with Crippen LogP contribution in [0.5, 0.6) is 0 Å². The van der Waals surface area contributed by atoms with Gasteiger partial charge in [-0.3, -0.25) is 0 Å². The van der Waals surface area contributed by atoms with E-state index in [1.165, 1.54) is 0 Å². The molecule has 0 spiro atoms. The summed E-state index contributed by atoms with van der Waals surface area (Å²) in [6.45, 7) is 14.4. The van der Waals surface area contributed by atoms with Crippen LogP contribution in [0.1, 0.15) is 48.0 Å². The van der Waals surface area contributed by atoms with Gasteiger partial charge in [0.05, 0.1) is 0 Å². The average molecular weight is 183 g/mol. The van der Waals surface area contributed by atoms with Crippen molar-refractivity contribution in [1.29, 1.82) is 0 Å². The van der Waals surface area contributed by atoms with Crippen LogP contribution in [0, 0.1) is 5.41 Å². The summed E-state index contributed by atoms with van der Waals surface area (Å²) in [4.78, 5) is 0. The molecule has 0 aromatic carbocycles. The van der Waals surface area contributed by atoms with Crippen LogP contribution in [0.15, 0.2) is 12.2 Å². The minimum absolute atomic E-state index is 0.160. The largest absolute Gasteiger partial charge is 0.311 e. The summed E-state index contributed by atoms with van der Waals surface area (Å²) in [5, 5.41) is 3.52. The molecule has 0 aliphatic carbocycles. The predicted molar refractivity (Wildman–Crippen MR) is 61.0 cm³/mol. The number of nitrogens with one attached hydrogen (secondary N) is 1.